The molecule has 0 aliphatic carbocycles. The molecule has 0 radical (unpaired) electrons. The first kappa shape index (κ1) is 15.4. The molecule has 18 heavy (non-hydrogen) atoms. The molecular weight excluding hydrogens is 256 g/mol. The van der Waals surface area contributed by atoms with Crippen molar-refractivity contribution in [1.29, 1.82) is 0 Å². The van der Waals surface area contributed by atoms with Gasteiger partial charge in [-0.1, -0.05) is 25.4 Å². The fraction of sp³-hybridized carbons (Fsp3) is 0.571. The number of rotatable bonds is 6. The van der Waals surface area contributed by atoms with Gasteiger partial charge in [-0.15, -0.1) is 0 Å². The van der Waals surface area contributed by atoms with Crippen LogP contribution in [0.3, 0.4) is 0 Å². The summed E-state index contributed by atoms with van der Waals surface area (Å²) in [5, 5.41) is 3.42. The zero-order chi connectivity index (χ0) is 13.8. The van der Waals surface area contributed by atoms with E-state index >= 15 is 0 Å². The van der Waals surface area contributed by atoms with E-state index in [0.717, 1.165) is 25.5 Å². The van der Waals surface area contributed by atoms with E-state index < -0.39 is 11.6 Å². The van der Waals surface area contributed by atoms with E-state index in [2.05, 4.69) is 19.2 Å². The lowest BCUT2D eigenvalue weighted by Crippen LogP contribution is -2.20. The standard InChI is InChI=1S/C14H20ClF2N/c1-14(2,6-7-18-3)5-4-10-8-12(16)13(17)9-11(10)15/h8-9,18H,4-7H2,1-3H3. The zero-order valence-electron chi connectivity index (χ0n) is 11.1. The molecule has 0 spiro atoms. The third kappa shape index (κ3) is 4.54. The summed E-state index contributed by atoms with van der Waals surface area (Å²) >= 11 is 5.92. The van der Waals surface area contributed by atoms with Crippen molar-refractivity contribution < 1.29 is 8.78 Å². The number of halogens is 3. The Hall–Kier alpha value is -0.670. The number of hydrogen-bond donors (Lipinski definition) is 1. The topological polar surface area (TPSA) is 12.0 Å². The molecule has 0 bridgehead atoms. The summed E-state index contributed by atoms with van der Waals surface area (Å²) in [6.45, 7) is 5.27. The van der Waals surface area contributed by atoms with E-state index in [1.165, 1.54) is 6.07 Å². The van der Waals surface area contributed by atoms with Gasteiger partial charge in [-0.2, -0.15) is 0 Å². The number of nitrogens with one attached hydrogen (secondary N) is 1. The molecule has 0 aliphatic heterocycles. The molecule has 0 aliphatic rings. The minimum absolute atomic E-state index is 0.150. The SMILES string of the molecule is CNCCC(C)(C)CCc1cc(F)c(F)cc1Cl. The van der Waals surface area contributed by atoms with Crippen LogP contribution >= 0.6 is 11.6 Å². The Kier molecular flexibility index (Phi) is 5.54. The van der Waals surface area contributed by atoms with Crippen molar-refractivity contribution in [3.05, 3.63) is 34.4 Å². The van der Waals surface area contributed by atoms with Gasteiger partial charge in [0.15, 0.2) is 11.6 Å². The van der Waals surface area contributed by atoms with Crippen LogP contribution in [-0.2, 0) is 6.42 Å². The molecule has 4 heteroatoms. The second-order valence-corrected chi connectivity index (χ2v) is 5.78. The largest absolute Gasteiger partial charge is 0.320 e. The molecule has 1 nitrogen and oxygen atoms in total. The van der Waals surface area contributed by atoms with E-state index in [4.69, 9.17) is 11.6 Å². The summed E-state index contributed by atoms with van der Waals surface area (Å²) in [4.78, 5) is 0. The Morgan fingerprint density at radius 2 is 1.78 bits per heavy atom. The fourth-order valence-electron chi connectivity index (χ4n) is 1.82. The molecule has 1 N–H and O–H groups in total. The third-order valence-corrected chi connectivity index (χ3v) is 3.56. The average Bonchev–Trinajstić information content (AvgIpc) is 2.30. The van der Waals surface area contributed by atoms with Crippen LogP contribution in [0.4, 0.5) is 8.78 Å². The molecule has 1 aromatic rings. The van der Waals surface area contributed by atoms with E-state index in [1.807, 2.05) is 7.05 Å². The van der Waals surface area contributed by atoms with E-state index in [1.54, 1.807) is 0 Å². The minimum atomic E-state index is -0.891. The molecule has 1 aromatic carbocycles. The summed E-state index contributed by atoms with van der Waals surface area (Å²) in [6.07, 6.45) is 2.58. The third-order valence-electron chi connectivity index (χ3n) is 3.21. The molecule has 0 amide bonds. The van der Waals surface area contributed by atoms with Crippen molar-refractivity contribution in [3.8, 4) is 0 Å². The van der Waals surface area contributed by atoms with Gasteiger partial charge in [0, 0.05) is 5.02 Å². The van der Waals surface area contributed by atoms with Crippen LogP contribution in [0.5, 0.6) is 0 Å². The predicted octanol–water partition coefficient (Wildman–Crippen LogP) is 4.19. The molecule has 0 atom stereocenters. The van der Waals surface area contributed by atoms with Gasteiger partial charge in [0.1, 0.15) is 0 Å². The lowest BCUT2D eigenvalue weighted by molar-refractivity contribution is 0.305. The van der Waals surface area contributed by atoms with Crippen molar-refractivity contribution in [2.75, 3.05) is 13.6 Å². The van der Waals surface area contributed by atoms with Crippen LogP contribution < -0.4 is 5.32 Å². The molecule has 0 saturated carbocycles. The highest BCUT2D eigenvalue weighted by atomic mass is 35.5. The molecule has 1 rings (SSSR count). The van der Waals surface area contributed by atoms with Crippen molar-refractivity contribution in [2.24, 2.45) is 5.41 Å². The smallest absolute Gasteiger partial charge is 0.160 e. The lowest BCUT2D eigenvalue weighted by atomic mass is 9.83. The van der Waals surface area contributed by atoms with Gasteiger partial charge in [-0.3, -0.25) is 0 Å². The maximum atomic E-state index is 13.1. The van der Waals surface area contributed by atoms with Gasteiger partial charge >= 0.3 is 0 Å². The number of hydrogen-bond acceptors (Lipinski definition) is 1. The normalized spacial score (nSPS) is 11.9. The Morgan fingerprint density at radius 1 is 1.17 bits per heavy atom. The highest BCUT2D eigenvalue weighted by molar-refractivity contribution is 6.31. The Bertz CT molecular complexity index is 405. The average molecular weight is 276 g/mol. The van der Waals surface area contributed by atoms with Crippen LogP contribution in [0.15, 0.2) is 12.1 Å². The highest BCUT2D eigenvalue weighted by Gasteiger charge is 2.18. The van der Waals surface area contributed by atoms with Crippen LogP contribution in [0.1, 0.15) is 32.3 Å². The summed E-state index contributed by atoms with van der Waals surface area (Å²) in [6, 6.07) is 2.25. The van der Waals surface area contributed by atoms with Gasteiger partial charge < -0.3 is 5.32 Å². The van der Waals surface area contributed by atoms with Gasteiger partial charge in [0.2, 0.25) is 0 Å². The highest BCUT2D eigenvalue weighted by Crippen LogP contribution is 2.29. The summed E-state index contributed by atoms with van der Waals surface area (Å²) in [7, 11) is 1.92. The molecule has 0 unspecified atom stereocenters. The van der Waals surface area contributed by atoms with Crippen LogP contribution in [0.25, 0.3) is 0 Å². The molecule has 0 saturated heterocycles. The molecule has 0 fully saturated rings. The summed E-state index contributed by atoms with van der Waals surface area (Å²) in [5.41, 5.74) is 0.824. The van der Waals surface area contributed by atoms with Crippen molar-refractivity contribution in [2.45, 2.75) is 33.1 Å². The number of aryl methyl sites for hydroxylation is 1. The Labute approximate surface area is 113 Å². The molecular formula is C14H20ClF2N. The molecule has 0 aromatic heterocycles. The summed E-state index contributed by atoms with van der Waals surface area (Å²) < 4.78 is 26.1. The van der Waals surface area contributed by atoms with Crippen LogP contribution in [0.2, 0.25) is 5.02 Å². The lowest BCUT2D eigenvalue weighted by Gasteiger charge is -2.24. The second kappa shape index (κ2) is 6.48. The van der Waals surface area contributed by atoms with Gasteiger partial charge in [0.25, 0.3) is 0 Å². The van der Waals surface area contributed by atoms with Crippen LogP contribution in [-0.4, -0.2) is 13.6 Å². The molecule has 0 heterocycles. The Balaban J connectivity index is 2.66. The zero-order valence-corrected chi connectivity index (χ0v) is 11.9. The van der Waals surface area contributed by atoms with E-state index in [0.29, 0.717) is 17.0 Å². The monoisotopic (exact) mass is 275 g/mol. The second-order valence-electron chi connectivity index (χ2n) is 5.38. The first-order chi connectivity index (χ1) is 8.35. The van der Waals surface area contributed by atoms with E-state index in [9.17, 15) is 8.78 Å². The van der Waals surface area contributed by atoms with Gasteiger partial charge in [-0.25, -0.2) is 8.78 Å². The predicted molar refractivity (Wildman–Crippen MR) is 72.0 cm³/mol. The maximum Gasteiger partial charge on any atom is 0.160 e. The van der Waals surface area contributed by atoms with Gasteiger partial charge in [-0.05, 0) is 56.0 Å². The maximum absolute atomic E-state index is 13.1. The number of benzene rings is 1. The van der Waals surface area contributed by atoms with Gasteiger partial charge in [0.05, 0.1) is 0 Å². The van der Waals surface area contributed by atoms with Crippen molar-refractivity contribution in [1.82, 2.24) is 5.32 Å². The summed E-state index contributed by atoms with van der Waals surface area (Å²) in [5.74, 6) is -1.72. The van der Waals surface area contributed by atoms with Crippen molar-refractivity contribution in [3.63, 3.8) is 0 Å². The first-order valence-corrected chi connectivity index (χ1v) is 6.51. The van der Waals surface area contributed by atoms with Crippen molar-refractivity contribution >= 4 is 11.6 Å². The molecule has 102 valence electrons. The Morgan fingerprint density at radius 3 is 2.39 bits per heavy atom. The van der Waals surface area contributed by atoms with E-state index in [-0.39, 0.29) is 5.41 Å². The quantitative estimate of drug-likeness (QED) is 0.768. The first-order valence-electron chi connectivity index (χ1n) is 6.14. The fourth-order valence-corrected chi connectivity index (χ4v) is 2.06. The minimum Gasteiger partial charge on any atom is -0.320 e. The van der Waals surface area contributed by atoms with Crippen LogP contribution in [0, 0.1) is 17.0 Å².